The van der Waals surface area contributed by atoms with Crippen molar-refractivity contribution in [2.24, 2.45) is 0 Å². The molecule has 28 heavy (non-hydrogen) atoms. The van der Waals surface area contributed by atoms with Crippen molar-refractivity contribution in [2.75, 3.05) is 30.8 Å². The van der Waals surface area contributed by atoms with Gasteiger partial charge in [0.2, 0.25) is 0 Å². The standard InChI is InChI=1S/C19H20F3N3O2S/c1-23-16-6-5-12(9-17(16)28(27)25-7-3-2-4-8-25)19(26)24-13-10-14(20)18(22)15(21)11-13/h5-6,9-11,23H,2-4,7-8H2,1H3,(H,24,26). The number of piperidine rings is 1. The van der Waals surface area contributed by atoms with Crippen LogP contribution in [-0.4, -0.2) is 34.6 Å². The molecular formula is C19H20F3N3O2S. The number of carbonyl (C=O) groups is 1. The Labute approximate surface area is 163 Å². The first-order valence-corrected chi connectivity index (χ1v) is 9.96. The summed E-state index contributed by atoms with van der Waals surface area (Å²) in [6.45, 7) is 1.42. The molecular weight excluding hydrogens is 391 g/mol. The van der Waals surface area contributed by atoms with Gasteiger partial charge >= 0.3 is 0 Å². The van der Waals surface area contributed by atoms with E-state index >= 15 is 0 Å². The molecule has 0 aromatic heterocycles. The number of halogens is 3. The third kappa shape index (κ3) is 4.36. The van der Waals surface area contributed by atoms with E-state index in [0.717, 1.165) is 19.3 Å². The molecule has 1 saturated heterocycles. The zero-order valence-corrected chi connectivity index (χ0v) is 16.0. The van der Waals surface area contributed by atoms with Gasteiger partial charge in [0.1, 0.15) is 11.0 Å². The first-order valence-electron chi connectivity index (χ1n) is 8.85. The smallest absolute Gasteiger partial charge is 0.255 e. The van der Waals surface area contributed by atoms with E-state index in [1.54, 1.807) is 13.1 Å². The normalized spacial score (nSPS) is 15.9. The molecule has 1 unspecified atom stereocenters. The lowest BCUT2D eigenvalue weighted by Gasteiger charge is -2.26. The number of rotatable bonds is 5. The lowest BCUT2D eigenvalue weighted by atomic mass is 10.2. The second-order valence-electron chi connectivity index (χ2n) is 6.41. The Bertz CT molecular complexity index is 894. The van der Waals surface area contributed by atoms with Gasteiger partial charge in [0, 0.05) is 43.5 Å². The lowest BCUT2D eigenvalue weighted by molar-refractivity contribution is 0.102. The molecule has 0 spiro atoms. The highest BCUT2D eigenvalue weighted by atomic mass is 32.2. The van der Waals surface area contributed by atoms with Gasteiger partial charge in [-0.15, -0.1) is 0 Å². The van der Waals surface area contributed by atoms with Gasteiger partial charge in [0.05, 0.1) is 10.6 Å². The predicted octanol–water partition coefficient (Wildman–Crippen LogP) is 3.91. The summed E-state index contributed by atoms with van der Waals surface area (Å²) in [7, 11) is 0.247. The minimum atomic E-state index is -1.60. The number of carbonyl (C=O) groups excluding carboxylic acids is 1. The van der Waals surface area contributed by atoms with Gasteiger partial charge in [-0.05, 0) is 31.0 Å². The summed E-state index contributed by atoms with van der Waals surface area (Å²) in [5.74, 6) is -5.04. The van der Waals surface area contributed by atoms with Gasteiger partial charge < -0.3 is 10.6 Å². The fourth-order valence-electron chi connectivity index (χ4n) is 3.02. The SMILES string of the molecule is CNc1ccc(C(=O)Nc2cc(F)c(F)c(F)c2)cc1S(=O)N1CCCCC1. The number of anilines is 2. The van der Waals surface area contributed by atoms with Gasteiger partial charge in [0.25, 0.3) is 5.91 Å². The number of hydrogen-bond acceptors (Lipinski definition) is 3. The number of hydrogen-bond donors (Lipinski definition) is 2. The van der Waals surface area contributed by atoms with Crippen LogP contribution in [-0.2, 0) is 11.0 Å². The number of nitrogens with zero attached hydrogens (tertiary/aromatic N) is 1. The minimum absolute atomic E-state index is 0.171. The summed E-state index contributed by atoms with van der Waals surface area (Å²) >= 11 is 0. The van der Waals surface area contributed by atoms with Crippen molar-refractivity contribution >= 4 is 28.3 Å². The molecule has 0 bridgehead atoms. The van der Waals surface area contributed by atoms with E-state index in [1.165, 1.54) is 12.1 Å². The van der Waals surface area contributed by atoms with Crippen molar-refractivity contribution in [3.63, 3.8) is 0 Å². The Morgan fingerprint density at radius 3 is 2.29 bits per heavy atom. The first-order chi connectivity index (χ1) is 13.4. The van der Waals surface area contributed by atoms with Crippen LogP contribution in [0.25, 0.3) is 0 Å². The minimum Gasteiger partial charge on any atom is -0.387 e. The maximum absolute atomic E-state index is 13.3. The van der Waals surface area contributed by atoms with Gasteiger partial charge in [-0.2, -0.15) is 0 Å². The van der Waals surface area contributed by atoms with Crippen LogP contribution in [0.3, 0.4) is 0 Å². The van der Waals surface area contributed by atoms with Crippen LogP contribution in [0.2, 0.25) is 0 Å². The Kier molecular flexibility index (Phi) is 6.35. The molecule has 9 heteroatoms. The molecule has 2 aromatic rings. The fourth-order valence-corrected chi connectivity index (χ4v) is 4.47. The molecule has 0 radical (unpaired) electrons. The van der Waals surface area contributed by atoms with E-state index in [4.69, 9.17) is 0 Å². The molecule has 1 fully saturated rings. The lowest BCUT2D eigenvalue weighted by Crippen LogP contribution is -2.32. The van der Waals surface area contributed by atoms with Crippen molar-refractivity contribution in [3.8, 4) is 0 Å². The van der Waals surface area contributed by atoms with Crippen LogP contribution in [0.5, 0.6) is 0 Å². The van der Waals surface area contributed by atoms with Crippen LogP contribution in [0.15, 0.2) is 35.2 Å². The Morgan fingerprint density at radius 1 is 1.04 bits per heavy atom. The van der Waals surface area contributed by atoms with Crippen LogP contribution >= 0.6 is 0 Å². The van der Waals surface area contributed by atoms with E-state index in [9.17, 15) is 22.2 Å². The highest BCUT2D eigenvalue weighted by Gasteiger charge is 2.22. The van der Waals surface area contributed by atoms with E-state index in [-0.39, 0.29) is 11.3 Å². The number of benzene rings is 2. The maximum atomic E-state index is 13.3. The van der Waals surface area contributed by atoms with Crippen molar-refractivity contribution in [2.45, 2.75) is 24.2 Å². The van der Waals surface area contributed by atoms with Crippen LogP contribution in [0.1, 0.15) is 29.6 Å². The van der Waals surface area contributed by atoms with Crippen molar-refractivity contribution in [3.05, 3.63) is 53.3 Å². The molecule has 2 N–H and O–H groups in total. The largest absolute Gasteiger partial charge is 0.387 e. The molecule has 0 saturated carbocycles. The molecule has 1 atom stereocenters. The maximum Gasteiger partial charge on any atom is 0.255 e. The molecule has 5 nitrogen and oxygen atoms in total. The van der Waals surface area contributed by atoms with Crippen LogP contribution in [0, 0.1) is 17.5 Å². The predicted molar refractivity (Wildman–Crippen MR) is 102 cm³/mol. The summed E-state index contributed by atoms with van der Waals surface area (Å²) in [5.41, 5.74) is 0.585. The fraction of sp³-hybridized carbons (Fsp3) is 0.316. The molecule has 150 valence electrons. The summed E-state index contributed by atoms with van der Waals surface area (Å²) in [6.07, 6.45) is 3.02. The Morgan fingerprint density at radius 2 is 1.68 bits per heavy atom. The molecule has 1 aliphatic heterocycles. The quantitative estimate of drug-likeness (QED) is 0.734. The molecule has 3 rings (SSSR count). The second-order valence-corrected chi connectivity index (χ2v) is 7.86. The zero-order valence-electron chi connectivity index (χ0n) is 15.2. The highest BCUT2D eigenvalue weighted by Crippen LogP contribution is 2.26. The highest BCUT2D eigenvalue weighted by molar-refractivity contribution is 7.82. The zero-order chi connectivity index (χ0) is 20.3. The third-order valence-corrected chi connectivity index (χ3v) is 6.04. The number of amides is 1. The molecule has 0 aliphatic carbocycles. The van der Waals surface area contributed by atoms with Gasteiger partial charge in [-0.3, -0.25) is 4.79 Å². The third-order valence-electron chi connectivity index (χ3n) is 4.49. The van der Waals surface area contributed by atoms with E-state index in [1.807, 2.05) is 4.31 Å². The van der Waals surface area contributed by atoms with Crippen molar-refractivity contribution in [1.29, 1.82) is 0 Å². The molecule has 1 amide bonds. The van der Waals surface area contributed by atoms with E-state index < -0.39 is 34.3 Å². The van der Waals surface area contributed by atoms with Gasteiger partial charge in [-0.25, -0.2) is 21.7 Å². The van der Waals surface area contributed by atoms with E-state index in [2.05, 4.69) is 10.6 Å². The summed E-state index contributed by atoms with van der Waals surface area (Å²) < 4.78 is 54.6. The van der Waals surface area contributed by atoms with Crippen molar-refractivity contribution in [1.82, 2.24) is 4.31 Å². The van der Waals surface area contributed by atoms with E-state index in [0.29, 0.717) is 35.8 Å². The molecule has 1 heterocycles. The van der Waals surface area contributed by atoms with Crippen molar-refractivity contribution < 1.29 is 22.2 Å². The monoisotopic (exact) mass is 411 g/mol. The van der Waals surface area contributed by atoms with Crippen LogP contribution in [0.4, 0.5) is 24.5 Å². The average molecular weight is 411 g/mol. The van der Waals surface area contributed by atoms with Gasteiger partial charge in [-0.1, -0.05) is 6.42 Å². The van der Waals surface area contributed by atoms with Gasteiger partial charge in [0.15, 0.2) is 17.5 Å². The summed E-state index contributed by atoms with van der Waals surface area (Å²) in [4.78, 5) is 12.9. The topological polar surface area (TPSA) is 61.4 Å². The molecule has 2 aromatic carbocycles. The Hall–Kier alpha value is -2.39. The number of nitrogens with one attached hydrogen (secondary N) is 2. The summed E-state index contributed by atoms with van der Waals surface area (Å²) in [6, 6.07) is 6.02. The second kappa shape index (κ2) is 8.74. The molecule has 1 aliphatic rings. The van der Waals surface area contributed by atoms with Crippen LogP contribution < -0.4 is 10.6 Å². The summed E-state index contributed by atoms with van der Waals surface area (Å²) in [5, 5.41) is 5.29. The average Bonchev–Trinajstić information content (AvgIpc) is 2.71. The Balaban J connectivity index is 1.85. The first kappa shape index (κ1) is 20.3.